The van der Waals surface area contributed by atoms with E-state index in [0.29, 0.717) is 0 Å². The van der Waals surface area contributed by atoms with Gasteiger partial charge in [-0.25, -0.2) is 0 Å². The number of hydrogen-bond acceptors (Lipinski definition) is 1. The molecule has 0 aliphatic heterocycles. The van der Waals surface area contributed by atoms with Crippen LogP contribution >= 0.6 is 0 Å². The van der Waals surface area contributed by atoms with Crippen molar-refractivity contribution in [1.82, 2.24) is 4.98 Å². The number of pyridine rings is 1. The first kappa shape index (κ1) is 18.4. The van der Waals surface area contributed by atoms with Crippen LogP contribution in [-0.4, -0.2) is 21.1 Å². The third-order valence-electron chi connectivity index (χ3n) is 3.93. The third kappa shape index (κ3) is 7.77. The number of nitrogens with zero attached hydrogens (tertiary/aromatic N) is 1. The summed E-state index contributed by atoms with van der Waals surface area (Å²) >= 11 is 0. The summed E-state index contributed by atoms with van der Waals surface area (Å²) in [4.78, 5) is 4.55. The van der Waals surface area contributed by atoms with Crippen LogP contribution in [0.3, 0.4) is 0 Å². The molecule has 1 aromatic rings. The molecule has 3 heteroatoms. The van der Waals surface area contributed by atoms with Crippen molar-refractivity contribution >= 4 is 21.7 Å². The zero-order valence-corrected chi connectivity index (χ0v) is 17.1. The summed E-state index contributed by atoms with van der Waals surface area (Å²) in [6, 6.07) is 9.02. The number of rotatable bonds is 7. The predicted octanol–water partition coefficient (Wildman–Crippen LogP) is 6.31. The lowest BCUT2D eigenvalue weighted by atomic mass is 10.0. The summed E-state index contributed by atoms with van der Waals surface area (Å²) < 4.78 is 0. The first-order valence-electron chi connectivity index (χ1n) is 8.18. The molecule has 118 valence electrons. The molecule has 0 saturated carbocycles. The van der Waals surface area contributed by atoms with Gasteiger partial charge in [-0.3, -0.25) is 4.98 Å². The molecule has 0 N–H and O–H groups in total. The maximum Gasteiger partial charge on any atom is 0.0658 e. The zero-order valence-electron chi connectivity index (χ0n) is 15.1. The van der Waals surface area contributed by atoms with E-state index in [9.17, 15) is 0 Å². The van der Waals surface area contributed by atoms with Gasteiger partial charge >= 0.3 is 0 Å². The van der Waals surface area contributed by atoms with Crippen molar-refractivity contribution < 1.29 is 0 Å². The molecule has 1 rings (SSSR count). The Hall–Kier alpha value is -0.676. The summed E-state index contributed by atoms with van der Waals surface area (Å²) in [5.74, 6) is 0. The average molecular weight is 320 g/mol. The molecular weight excluding hydrogens is 286 g/mol. The Morgan fingerprint density at radius 3 is 1.81 bits per heavy atom. The first-order valence-corrected chi connectivity index (χ1v) is 15.6. The van der Waals surface area contributed by atoms with Crippen molar-refractivity contribution in [2.24, 2.45) is 0 Å². The van der Waals surface area contributed by atoms with Crippen LogP contribution in [0.4, 0.5) is 0 Å². The predicted molar refractivity (Wildman–Crippen MR) is 102 cm³/mol. The fraction of sp³-hybridized carbons (Fsp3) is 0.611. The van der Waals surface area contributed by atoms with Gasteiger partial charge in [0.2, 0.25) is 0 Å². The van der Waals surface area contributed by atoms with Crippen LogP contribution in [0.1, 0.15) is 25.5 Å². The van der Waals surface area contributed by atoms with Crippen LogP contribution in [0.2, 0.25) is 51.4 Å². The van der Waals surface area contributed by atoms with E-state index < -0.39 is 16.1 Å². The molecule has 0 bridgehead atoms. The monoisotopic (exact) mass is 319 g/mol. The maximum absolute atomic E-state index is 4.55. The van der Waals surface area contributed by atoms with E-state index in [1.165, 1.54) is 36.2 Å². The van der Waals surface area contributed by atoms with Crippen molar-refractivity contribution in [2.45, 2.75) is 71.1 Å². The van der Waals surface area contributed by atoms with Crippen molar-refractivity contribution in [3.63, 3.8) is 0 Å². The lowest BCUT2D eigenvalue weighted by molar-refractivity contribution is 0.944. The molecule has 0 aromatic carbocycles. The molecule has 1 nitrogen and oxygen atoms in total. The van der Waals surface area contributed by atoms with Crippen molar-refractivity contribution in [3.05, 3.63) is 35.7 Å². The minimum Gasteiger partial charge on any atom is -0.257 e. The lowest BCUT2D eigenvalue weighted by Gasteiger charge is -2.22. The van der Waals surface area contributed by atoms with Crippen LogP contribution in [0.25, 0.3) is 5.57 Å². The molecular formula is C18H33NSi2. The minimum absolute atomic E-state index is 0.985. The second-order valence-electron chi connectivity index (χ2n) is 8.56. The normalized spacial score (nSPS) is 12.3. The molecule has 0 radical (unpaired) electrons. The highest BCUT2D eigenvalue weighted by Crippen LogP contribution is 2.29. The van der Waals surface area contributed by atoms with E-state index in [4.69, 9.17) is 0 Å². The molecule has 1 aromatic heterocycles. The Morgan fingerprint density at radius 2 is 1.43 bits per heavy atom. The van der Waals surface area contributed by atoms with Gasteiger partial charge in [0.1, 0.15) is 0 Å². The van der Waals surface area contributed by atoms with Crippen molar-refractivity contribution in [1.29, 1.82) is 0 Å². The fourth-order valence-corrected chi connectivity index (χ4v) is 4.42. The Balaban J connectivity index is 2.94. The van der Waals surface area contributed by atoms with Gasteiger partial charge in [0.25, 0.3) is 0 Å². The Morgan fingerprint density at radius 1 is 0.905 bits per heavy atom. The second-order valence-corrected chi connectivity index (χ2v) is 19.8. The van der Waals surface area contributed by atoms with Crippen LogP contribution in [0, 0.1) is 0 Å². The summed E-state index contributed by atoms with van der Waals surface area (Å²) in [5, 5.41) is 0. The summed E-state index contributed by atoms with van der Waals surface area (Å²) in [6.45, 7) is 17.1. The first-order chi connectivity index (χ1) is 9.58. The molecule has 0 fully saturated rings. The number of hydrogen-bond donors (Lipinski definition) is 0. The Kier molecular flexibility index (Phi) is 6.60. The van der Waals surface area contributed by atoms with E-state index in [-0.39, 0.29) is 0 Å². The van der Waals surface area contributed by atoms with Gasteiger partial charge in [-0.15, -0.1) is 0 Å². The topological polar surface area (TPSA) is 12.9 Å². The van der Waals surface area contributed by atoms with Gasteiger partial charge in [0.15, 0.2) is 0 Å². The lowest BCUT2D eigenvalue weighted by Crippen LogP contribution is -2.21. The third-order valence-corrected chi connectivity index (χ3v) is 7.43. The van der Waals surface area contributed by atoms with Crippen LogP contribution in [0.5, 0.6) is 0 Å². The van der Waals surface area contributed by atoms with Gasteiger partial charge in [0, 0.05) is 22.3 Å². The highest BCUT2D eigenvalue weighted by molar-refractivity contribution is 6.76. The van der Waals surface area contributed by atoms with Gasteiger partial charge in [-0.2, -0.15) is 0 Å². The Bertz CT molecular complexity index is 444. The molecule has 0 atom stereocenters. The van der Waals surface area contributed by atoms with Gasteiger partial charge in [-0.1, -0.05) is 63.0 Å². The van der Waals surface area contributed by atoms with E-state index >= 15 is 0 Å². The van der Waals surface area contributed by atoms with Crippen LogP contribution < -0.4 is 0 Å². The summed E-state index contributed by atoms with van der Waals surface area (Å²) in [7, 11) is -1.97. The largest absolute Gasteiger partial charge is 0.257 e. The summed E-state index contributed by atoms with van der Waals surface area (Å²) in [5.41, 5.74) is 4.24. The smallest absolute Gasteiger partial charge is 0.0658 e. The van der Waals surface area contributed by atoms with Gasteiger partial charge in [0.05, 0.1) is 5.69 Å². The standard InChI is InChI=1S/C18H33NSi2/c1-16(18-10-8-9-13-19-18)17(11-14-20(2,3)4)12-15-21(5,6)7/h8-10,13H,11-12,14-15H2,1-7H3. The number of allylic oxidation sites excluding steroid dienone is 2. The SMILES string of the molecule is CC(=C(CC[Si](C)(C)C)CC[Si](C)(C)C)c1ccccn1. The molecule has 0 saturated heterocycles. The van der Waals surface area contributed by atoms with Crippen molar-refractivity contribution in [3.8, 4) is 0 Å². The van der Waals surface area contributed by atoms with Crippen molar-refractivity contribution in [2.75, 3.05) is 0 Å². The molecule has 0 unspecified atom stereocenters. The second kappa shape index (κ2) is 7.55. The minimum atomic E-state index is -0.985. The molecule has 0 spiro atoms. The highest BCUT2D eigenvalue weighted by Gasteiger charge is 2.18. The molecule has 1 heterocycles. The Labute approximate surface area is 133 Å². The quantitative estimate of drug-likeness (QED) is 0.536. The maximum atomic E-state index is 4.55. The van der Waals surface area contributed by atoms with Crippen LogP contribution in [-0.2, 0) is 0 Å². The number of aromatic nitrogens is 1. The van der Waals surface area contributed by atoms with E-state index in [1.807, 2.05) is 12.3 Å². The van der Waals surface area contributed by atoms with E-state index in [0.717, 1.165) is 0 Å². The molecule has 0 amide bonds. The molecule has 21 heavy (non-hydrogen) atoms. The molecule has 0 aliphatic rings. The van der Waals surface area contributed by atoms with E-state index in [2.05, 4.69) is 63.3 Å². The van der Waals surface area contributed by atoms with Crippen LogP contribution in [0.15, 0.2) is 30.0 Å². The van der Waals surface area contributed by atoms with E-state index in [1.54, 1.807) is 5.57 Å². The summed E-state index contributed by atoms with van der Waals surface area (Å²) in [6.07, 6.45) is 4.44. The zero-order chi connectivity index (χ0) is 16.1. The average Bonchev–Trinajstić information content (AvgIpc) is 2.36. The molecule has 0 aliphatic carbocycles. The van der Waals surface area contributed by atoms with Gasteiger partial charge in [-0.05, 0) is 37.5 Å². The highest BCUT2D eigenvalue weighted by atomic mass is 28.3. The fourth-order valence-electron chi connectivity index (χ4n) is 2.32. The van der Waals surface area contributed by atoms with Gasteiger partial charge < -0.3 is 0 Å².